The second kappa shape index (κ2) is 13.3. The van der Waals surface area contributed by atoms with E-state index in [0.29, 0.717) is 6.29 Å². The highest BCUT2D eigenvalue weighted by Gasteiger charge is 2.54. The zero-order chi connectivity index (χ0) is 30.3. The predicted molar refractivity (Wildman–Crippen MR) is 127 cm³/mol. The fourth-order valence-electron chi connectivity index (χ4n) is 5.30. The molecule has 0 aromatic rings. The Hall–Kier alpha value is -0.970. The molecule has 41 heavy (non-hydrogen) atoms. The lowest BCUT2D eigenvalue weighted by Crippen LogP contribution is -2.66. The molecule has 0 saturated carbocycles. The molecule has 0 aromatic carbocycles. The zero-order valence-electron chi connectivity index (χ0n) is 22.5. The minimum atomic E-state index is -1.79. The summed E-state index contributed by atoms with van der Waals surface area (Å²) in [4.78, 5) is 11.5. The molecule has 17 nitrogen and oxygen atoms in total. The molecule has 4 fully saturated rings. The van der Waals surface area contributed by atoms with E-state index in [2.05, 4.69) is 0 Å². The molecule has 4 rings (SSSR count). The van der Waals surface area contributed by atoms with Crippen molar-refractivity contribution in [1.82, 2.24) is 0 Å². The van der Waals surface area contributed by atoms with E-state index in [4.69, 9.17) is 33.2 Å². The standard InChI is InChI=1S/C24H40O17/c1-6-11(27)15(31)17(33)22(35-6)41-21-16(32)12(28)7(2)37-24(21)40-20-13(29)8(3)36-23(18(20)34)39-19-10(5-26)38-9(4-25)14(19)30/h5-25,27-34H,4H2,1-3H3/t6-,7-,8-,9-,10-,11-,12-,13-,14-,15+,16+,17+,18+,19-,20+,21+,22-,23-,24-/m0/s1. The number of aliphatic hydroxyl groups is 9. The van der Waals surface area contributed by atoms with Crippen LogP contribution in [0.1, 0.15) is 20.8 Å². The molecule has 4 heterocycles. The second-order valence-electron chi connectivity index (χ2n) is 10.8. The van der Waals surface area contributed by atoms with Gasteiger partial charge in [0.1, 0.15) is 79.4 Å². The minimum absolute atomic E-state index is 0.357. The first-order chi connectivity index (χ1) is 19.3. The Morgan fingerprint density at radius 3 is 1.61 bits per heavy atom. The molecule has 0 aliphatic carbocycles. The van der Waals surface area contributed by atoms with Crippen LogP contribution in [-0.2, 0) is 38.0 Å². The molecule has 9 N–H and O–H groups in total. The van der Waals surface area contributed by atoms with Crippen LogP contribution >= 0.6 is 0 Å². The van der Waals surface area contributed by atoms with E-state index in [9.17, 15) is 50.8 Å². The van der Waals surface area contributed by atoms with Crippen molar-refractivity contribution in [1.29, 1.82) is 0 Å². The Morgan fingerprint density at radius 1 is 0.537 bits per heavy atom. The molecule has 0 unspecified atom stereocenters. The molecule has 0 aromatic heterocycles. The Kier molecular flexibility index (Phi) is 10.7. The highest BCUT2D eigenvalue weighted by molar-refractivity contribution is 5.58. The third-order valence-electron chi connectivity index (χ3n) is 7.94. The van der Waals surface area contributed by atoms with Crippen LogP contribution in [0.15, 0.2) is 0 Å². The maximum atomic E-state index is 11.5. The summed E-state index contributed by atoms with van der Waals surface area (Å²) in [5.41, 5.74) is 0. The number of aliphatic hydroxyl groups excluding tert-OH is 9. The second-order valence-corrected chi connectivity index (χ2v) is 10.8. The molecule has 4 saturated heterocycles. The summed E-state index contributed by atoms with van der Waals surface area (Å²) in [6.07, 6.45) is -27.3. The van der Waals surface area contributed by atoms with Crippen molar-refractivity contribution < 1.29 is 83.9 Å². The van der Waals surface area contributed by atoms with Crippen LogP contribution in [0.2, 0.25) is 0 Å². The molecule has 0 bridgehead atoms. The normalized spacial score (nSPS) is 54.7. The van der Waals surface area contributed by atoms with Crippen molar-refractivity contribution in [2.45, 2.75) is 137 Å². The van der Waals surface area contributed by atoms with Crippen LogP contribution < -0.4 is 0 Å². The van der Waals surface area contributed by atoms with Crippen molar-refractivity contribution in [3.05, 3.63) is 0 Å². The molecule has 17 heteroatoms. The molecule has 4 aliphatic rings. The number of carbonyl (C=O) groups is 1. The van der Waals surface area contributed by atoms with E-state index in [-0.39, 0.29) is 0 Å². The van der Waals surface area contributed by atoms with Gasteiger partial charge in [0.2, 0.25) is 0 Å². The number of rotatable bonds is 8. The predicted octanol–water partition coefficient (Wildman–Crippen LogP) is -5.78. The van der Waals surface area contributed by atoms with Crippen molar-refractivity contribution in [3.8, 4) is 0 Å². The van der Waals surface area contributed by atoms with Gasteiger partial charge in [-0.3, -0.25) is 0 Å². The van der Waals surface area contributed by atoms with E-state index in [1.54, 1.807) is 0 Å². The van der Waals surface area contributed by atoms with E-state index >= 15 is 0 Å². The molecule has 0 spiro atoms. The number of ether oxygens (including phenoxy) is 7. The smallest absolute Gasteiger partial charge is 0.187 e. The quantitative estimate of drug-likeness (QED) is 0.117. The van der Waals surface area contributed by atoms with E-state index in [1.165, 1.54) is 20.8 Å². The van der Waals surface area contributed by atoms with Crippen LogP contribution in [0.4, 0.5) is 0 Å². The van der Waals surface area contributed by atoms with Gasteiger partial charge in [-0.15, -0.1) is 0 Å². The van der Waals surface area contributed by atoms with Gasteiger partial charge in [0.05, 0.1) is 24.9 Å². The first-order valence-corrected chi connectivity index (χ1v) is 13.4. The van der Waals surface area contributed by atoms with Gasteiger partial charge in [-0.2, -0.15) is 0 Å². The van der Waals surface area contributed by atoms with Gasteiger partial charge < -0.3 is 83.9 Å². The monoisotopic (exact) mass is 600 g/mol. The Bertz CT molecular complexity index is 866. The van der Waals surface area contributed by atoms with Crippen molar-refractivity contribution >= 4 is 6.29 Å². The van der Waals surface area contributed by atoms with Crippen LogP contribution in [0.3, 0.4) is 0 Å². The highest BCUT2D eigenvalue weighted by atomic mass is 16.8. The molecular weight excluding hydrogens is 560 g/mol. The largest absolute Gasteiger partial charge is 0.394 e. The van der Waals surface area contributed by atoms with Gasteiger partial charge in [0, 0.05) is 0 Å². The van der Waals surface area contributed by atoms with Gasteiger partial charge in [-0.25, -0.2) is 0 Å². The van der Waals surface area contributed by atoms with Gasteiger partial charge >= 0.3 is 0 Å². The Balaban J connectivity index is 1.52. The fourth-order valence-corrected chi connectivity index (χ4v) is 5.30. The lowest BCUT2D eigenvalue weighted by atomic mass is 9.96. The van der Waals surface area contributed by atoms with E-state index < -0.39 is 123 Å². The summed E-state index contributed by atoms with van der Waals surface area (Å²) in [7, 11) is 0. The highest BCUT2D eigenvalue weighted by Crippen LogP contribution is 2.34. The average molecular weight is 601 g/mol. The summed E-state index contributed by atoms with van der Waals surface area (Å²) in [5.74, 6) is 0. The first kappa shape index (κ1) is 32.9. The number of hydrogen-bond acceptors (Lipinski definition) is 17. The van der Waals surface area contributed by atoms with Crippen LogP contribution in [0, 0.1) is 0 Å². The molecule has 4 aliphatic heterocycles. The summed E-state index contributed by atoms with van der Waals surface area (Å²) in [6.45, 7) is 3.64. The third kappa shape index (κ3) is 6.46. The summed E-state index contributed by atoms with van der Waals surface area (Å²) >= 11 is 0. The summed E-state index contributed by atoms with van der Waals surface area (Å²) in [6, 6.07) is 0. The van der Waals surface area contributed by atoms with Gasteiger partial charge in [0.25, 0.3) is 0 Å². The first-order valence-electron chi connectivity index (χ1n) is 13.4. The number of aldehydes is 1. The van der Waals surface area contributed by atoms with Crippen molar-refractivity contribution in [2.75, 3.05) is 6.61 Å². The molecule has 0 radical (unpaired) electrons. The van der Waals surface area contributed by atoms with Crippen molar-refractivity contribution in [2.24, 2.45) is 0 Å². The van der Waals surface area contributed by atoms with Crippen LogP contribution in [0.25, 0.3) is 0 Å². The summed E-state index contributed by atoms with van der Waals surface area (Å²) in [5, 5.41) is 93.4. The fraction of sp³-hybridized carbons (Fsp3) is 0.958. The van der Waals surface area contributed by atoms with Crippen LogP contribution in [-0.4, -0.2) is 175 Å². The maximum absolute atomic E-state index is 11.5. The Morgan fingerprint density at radius 2 is 1.02 bits per heavy atom. The topological polar surface area (TPSA) is 264 Å². The molecule has 0 amide bonds. The molecule has 19 atom stereocenters. The number of hydrogen-bond donors (Lipinski definition) is 9. The van der Waals surface area contributed by atoms with Crippen molar-refractivity contribution in [3.63, 3.8) is 0 Å². The lowest BCUT2D eigenvalue weighted by Gasteiger charge is -2.48. The maximum Gasteiger partial charge on any atom is 0.187 e. The van der Waals surface area contributed by atoms with Gasteiger partial charge in [-0.1, -0.05) is 0 Å². The third-order valence-corrected chi connectivity index (χ3v) is 7.94. The molecule has 238 valence electrons. The zero-order valence-corrected chi connectivity index (χ0v) is 22.5. The van der Waals surface area contributed by atoms with Gasteiger partial charge in [-0.05, 0) is 20.8 Å². The minimum Gasteiger partial charge on any atom is -0.394 e. The van der Waals surface area contributed by atoms with E-state index in [0.717, 1.165) is 0 Å². The lowest BCUT2D eigenvalue weighted by molar-refractivity contribution is -0.386. The van der Waals surface area contributed by atoms with Gasteiger partial charge in [0.15, 0.2) is 25.2 Å². The molecular formula is C24H40O17. The SMILES string of the molecule is C[C@@H]1O[C@@H](O[C@H]2[C@H](O[C@@H]3[C@@H](O)[C@H](C)O[C@@H](O[C@@H]4[C@@H](O)[C@H](CO)O[C@H]4C=O)[C@@H]3O)O[C@@H](C)[C@H](O)[C@H]2O)[C@H](O)[C@H](O)[C@H]1O. The summed E-state index contributed by atoms with van der Waals surface area (Å²) < 4.78 is 39.1. The Labute approximate surface area is 234 Å². The average Bonchev–Trinajstić information content (AvgIpc) is 3.25. The van der Waals surface area contributed by atoms with E-state index in [1.807, 2.05) is 0 Å². The number of carbonyl (C=O) groups excluding carboxylic acids is 1. The van der Waals surface area contributed by atoms with Crippen LogP contribution in [0.5, 0.6) is 0 Å².